The van der Waals surface area contributed by atoms with Crippen LogP contribution in [0.4, 0.5) is 0 Å². The van der Waals surface area contributed by atoms with E-state index in [1.165, 1.54) is 0 Å². The van der Waals surface area contributed by atoms with E-state index >= 15 is 0 Å². The highest BCUT2D eigenvalue weighted by molar-refractivity contribution is 5.85. The van der Waals surface area contributed by atoms with Crippen LogP contribution >= 0.6 is 0 Å². The number of hydrogen-bond acceptors (Lipinski definition) is 7. The van der Waals surface area contributed by atoms with Gasteiger partial charge in [0, 0.05) is 23.8 Å². The molecule has 4 saturated carbocycles. The normalized spacial score (nSPS) is 39.8. The largest absolute Gasteiger partial charge is 1.00 e. The Morgan fingerprint density at radius 3 is 2.09 bits per heavy atom. The smallest absolute Gasteiger partial charge is 0.362 e. The monoisotopic (exact) mass is 748 g/mol. The molecule has 0 spiro atoms. The number of esters is 3. The molecule has 1 heterocycles. The fourth-order valence-electron chi connectivity index (χ4n) is 9.84. The van der Waals surface area contributed by atoms with Crippen LogP contribution in [-0.4, -0.2) is 112 Å². The summed E-state index contributed by atoms with van der Waals surface area (Å²) in [5.74, 6) is -0.152. The molecule has 0 aromatic rings. The van der Waals surface area contributed by atoms with E-state index in [0.717, 1.165) is 50.5 Å². The first-order valence-corrected chi connectivity index (χ1v) is 15.9. The van der Waals surface area contributed by atoms with E-state index in [2.05, 4.69) is 13.8 Å². The maximum atomic E-state index is 13.1. The number of rotatable bonds is 7. The zero-order valence-corrected chi connectivity index (χ0v) is 31.0. The Hall–Kier alpha value is -1.01. The summed E-state index contributed by atoms with van der Waals surface area (Å²) in [6.07, 6.45) is 7.81. The Morgan fingerprint density at radius 1 is 0.909 bits per heavy atom. The topological polar surface area (TPSA) is 99.1 Å². The number of ether oxygens (including phenoxy) is 3. The van der Waals surface area contributed by atoms with Crippen molar-refractivity contribution < 1.29 is 76.6 Å². The summed E-state index contributed by atoms with van der Waals surface area (Å²) >= 11 is 0. The van der Waals surface area contributed by atoms with Crippen molar-refractivity contribution in [1.82, 2.24) is 0 Å². The Labute approximate surface area is 284 Å². The molecule has 5 unspecified atom stereocenters. The van der Waals surface area contributed by atoms with E-state index in [1.54, 1.807) is 6.08 Å². The number of nitrogens with zero attached hydrogens (tertiary/aromatic N) is 2. The first kappa shape index (κ1) is 37.4. The molecule has 0 aromatic heterocycles. The van der Waals surface area contributed by atoms with Gasteiger partial charge in [0.25, 0.3) is 0 Å². The maximum Gasteiger partial charge on any atom is 0.362 e. The van der Waals surface area contributed by atoms with Gasteiger partial charge in [0.05, 0.1) is 47.9 Å². The molecular weight excluding hydrogens is 696 g/mol. The SMILES string of the molecule is CC12CC[C@H](OC(=O)C[N+](C)(C)C)C[C@H]1CCC1C2CCC2(C)[C@@H](C3=CC(=O)OC3)C(OC(=O)C[N+](C)(C)C)C[C@]12O.[Br-].[Br-]. The second-order valence-electron chi connectivity index (χ2n) is 16.7. The van der Waals surface area contributed by atoms with Crippen molar-refractivity contribution in [3.63, 3.8) is 0 Å². The summed E-state index contributed by atoms with van der Waals surface area (Å²) in [6.45, 7) is 5.36. The van der Waals surface area contributed by atoms with Gasteiger partial charge in [0.15, 0.2) is 13.1 Å². The molecule has 9 nitrogen and oxygen atoms in total. The molecule has 0 radical (unpaired) electrons. The number of cyclic esters (lactones) is 1. The van der Waals surface area contributed by atoms with E-state index < -0.39 is 17.1 Å². The van der Waals surface area contributed by atoms with Gasteiger partial charge >= 0.3 is 17.9 Å². The van der Waals surface area contributed by atoms with Crippen molar-refractivity contribution in [3.8, 4) is 0 Å². The van der Waals surface area contributed by atoms with Crippen LogP contribution in [0.25, 0.3) is 0 Å². The van der Waals surface area contributed by atoms with Crippen molar-refractivity contribution >= 4 is 17.9 Å². The lowest BCUT2D eigenvalue weighted by molar-refractivity contribution is -0.862. The Kier molecular flexibility index (Phi) is 11.0. The molecule has 0 amide bonds. The van der Waals surface area contributed by atoms with E-state index in [-0.39, 0.29) is 88.4 Å². The van der Waals surface area contributed by atoms with Gasteiger partial charge in [-0.25, -0.2) is 14.4 Å². The number of aliphatic hydroxyl groups is 1. The number of carbonyl (C=O) groups is 3. The second kappa shape index (κ2) is 12.9. The zero-order valence-electron chi connectivity index (χ0n) is 27.9. The fraction of sp³-hybridized carbons (Fsp3) is 0.848. The van der Waals surface area contributed by atoms with Crippen LogP contribution in [-0.2, 0) is 28.6 Å². The van der Waals surface area contributed by atoms with E-state index in [0.29, 0.717) is 33.8 Å². The summed E-state index contributed by atoms with van der Waals surface area (Å²) in [6, 6.07) is 0. The number of quaternary nitrogens is 2. The minimum absolute atomic E-state index is 0. The molecule has 0 bridgehead atoms. The molecule has 0 aromatic carbocycles. The van der Waals surface area contributed by atoms with Crippen LogP contribution < -0.4 is 34.0 Å². The number of likely N-dealkylation sites (N-methyl/N-ethyl adjacent to an activating group) is 2. The van der Waals surface area contributed by atoms with Crippen LogP contribution in [0, 0.1) is 34.5 Å². The highest BCUT2D eigenvalue weighted by Gasteiger charge is 2.71. The standard InChI is InChI=1S/C33H54N2O7.2BrH/c1-31-13-11-23(41-28(37)18-34(3,4)5)16-22(31)9-10-25-24(31)12-14-32(2)30(21-15-27(36)40-20-21)26(17-33(25,32)39)42-29(38)19-35(6,7)8;;/h15,22-26,30,39H,9-14,16-20H2,1-8H3;2*1H/q+2;;/p-2/t22-,23+,24?,25?,26?,30+,31?,32?,33+;;/m1../s1. The quantitative estimate of drug-likeness (QED) is 0.170. The number of fused-ring (bicyclic) bond motifs is 5. The number of carbonyl (C=O) groups excluding carboxylic acids is 3. The van der Waals surface area contributed by atoms with E-state index in [1.807, 2.05) is 42.3 Å². The molecule has 44 heavy (non-hydrogen) atoms. The second-order valence-corrected chi connectivity index (χ2v) is 16.7. The minimum atomic E-state index is -1.02. The third-order valence-corrected chi connectivity index (χ3v) is 11.7. The van der Waals surface area contributed by atoms with Crippen LogP contribution in [0.1, 0.15) is 65.2 Å². The summed E-state index contributed by atoms with van der Waals surface area (Å²) < 4.78 is 18.5. The first-order chi connectivity index (χ1) is 19.3. The fourth-order valence-corrected chi connectivity index (χ4v) is 9.84. The highest BCUT2D eigenvalue weighted by atomic mass is 79.9. The third-order valence-electron chi connectivity index (χ3n) is 11.7. The van der Waals surface area contributed by atoms with Crippen LogP contribution in [0.2, 0.25) is 0 Å². The van der Waals surface area contributed by atoms with Crippen molar-refractivity contribution in [1.29, 1.82) is 0 Å². The molecule has 0 saturated heterocycles. The zero-order chi connectivity index (χ0) is 30.9. The molecular formula is C33H54Br2N2O7. The van der Waals surface area contributed by atoms with Gasteiger partial charge in [-0.1, -0.05) is 13.8 Å². The Balaban J connectivity index is 0.00000264. The maximum absolute atomic E-state index is 13.1. The van der Waals surface area contributed by atoms with Crippen LogP contribution in [0.3, 0.4) is 0 Å². The Morgan fingerprint density at radius 2 is 1.52 bits per heavy atom. The molecule has 252 valence electrons. The first-order valence-electron chi connectivity index (χ1n) is 15.9. The molecule has 5 aliphatic rings. The average Bonchev–Trinajstić information content (AvgIpc) is 3.34. The van der Waals surface area contributed by atoms with Crippen LogP contribution in [0.15, 0.2) is 11.6 Å². The van der Waals surface area contributed by atoms with Crippen molar-refractivity contribution in [3.05, 3.63) is 11.6 Å². The lowest BCUT2D eigenvalue weighted by atomic mass is 9.43. The van der Waals surface area contributed by atoms with E-state index in [9.17, 15) is 19.5 Å². The van der Waals surface area contributed by atoms with Gasteiger partial charge in [-0.15, -0.1) is 0 Å². The third kappa shape index (κ3) is 6.97. The number of hydrogen-bond donors (Lipinski definition) is 1. The van der Waals surface area contributed by atoms with E-state index in [4.69, 9.17) is 14.2 Å². The molecule has 11 heteroatoms. The predicted molar refractivity (Wildman–Crippen MR) is 157 cm³/mol. The van der Waals surface area contributed by atoms with Gasteiger partial charge in [0.2, 0.25) is 0 Å². The average molecular weight is 751 g/mol. The predicted octanol–water partition coefficient (Wildman–Crippen LogP) is -2.90. The molecule has 4 fully saturated rings. The molecule has 5 rings (SSSR count). The van der Waals surface area contributed by atoms with Gasteiger partial charge in [0.1, 0.15) is 18.8 Å². The lowest BCUT2D eigenvalue weighted by Gasteiger charge is -2.63. The minimum Gasteiger partial charge on any atom is -1.00 e. The van der Waals surface area contributed by atoms with Crippen molar-refractivity contribution in [2.24, 2.45) is 34.5 Å². The molecule has 4 aliphatic carbocycles. The summed E-state index contributed by atoms with van der Waals surface area (Å²) in [7, 11) is 11.9. The van der Waals surface area contributed by atoms with Crippen molar-refractivity contribution in [2.75, 3.05) is 62.0 Å². The van der Waals surface area contributed by atoms with Crippen LogP contribution in [0.5, 0.6) is 0 Å². The summed E-state index contributed by atoms with van der Waals surface area (Å²) in [5.41, 5.74) is -0.647. The van der Waals surface area contributed by atoms with Gasteiger partial charge in [-0.3, -0.25) is 0 Å². The van der Waals surface area contributed by atoms with Gasteiger partial charge in [-0.05, 0) is 73.7 Å². The summed E-state index contributed by atoms with van der Waals surface area (Å²) in [4.78, 5) is 37.8. The Bertz CT molecular complexity index is 1150. The molecule has 1 N–H and O–H groups in total. The molecule has 1 aliphatic heterocycles. The lowest BCUT2D eigenvalue weighted by Crippen LogP contribution is -3.00. The van der Waals surface area contributed by atoms with Gasteiger partial charge < -0.3 is 62.2 Å². The van der Waals surface area contributed by atoms with Crippen molar-refractivity contribution in [2.45, 2.75) is 83.0 Å². The number of halogens is 2. The summed E-state index contributed by atoms with van der Waals surface area (Å²) in [5, 5.41) is 12.8. The molecule has 9 atom stereocenters. The van der Waals surface area contributed by atoms with Gasteiger partial charge in [-0.2, -0.15) is 0 Å². The highest BCUT2D eigenvalue weighted by Crippen LogP contribution is 2.70.